The topological polar surface area (TPSA) is 56.3 Å². The SMILES string of the molecule is CNc1nc(C2(OC)CCOCC2)nc2c1CCCCC2. The summed E-state index contributed by atoms with van der Waals surface area (Å²) in [6, 6.07) is 0. The molecule has 2 aliphatic rings. The molecule has 0 atom stereocenters. The van der Waals surface area contributed by atoms with Gasteiger partial charge in [-0.3, -0.25) is 0 Å². The molecule has 0 amide bonds. The third-order valence-electron chi connectivity index (χ3n) is 4.77. The number of aromatic nitrogens is 2. The van der Waals surface area contributed by atoms with Crippen LogP contribution in [0.25, 0.3) is 0 Å². The van der Waals surface area contributed by atoms with E-state index in [1.807, 2.05) is 7.05 Å². The van der Waals surface area contributed by atoms with Crippen LogP contribution in [-0.2, 0) is 27.9 Å². The Kier molecular flexibility index (Phi) is 4.40. The quantitative estimate of drug-likeness (QED) is 0.867. The molecule has 1 aliphatic carbocycles. The normalized spacial score (nSPS) is 21.4. The third-order valence-corrected chi connectivity index (χ3v) is 4.77. The summed E-state index contributed by atoms with van der Waals surface area (Å²) in [6.45, 7) is 1.42. The lowest BCUT2D eigenvalue weighted by molar-refractivity contribution is -0.1000. The van der Waals surface area contributed by atoms with Gasteiger partial charge in [-0.05, 0) is 25.7 Å². The maximum Gasteiger partial charge on any atom is 0.163 e. The third kappa shape index (κ3) is 2.77. The second-order valence-electron chi connectivity index (χ2n) is 5.94. The molecule has 1 saturated heterocycles. The second kappa shape index (κ2) is 6.28. The number of rotatable bonds is 3. The van der Waals surface area contributed by atoms with Crippen LogP contribution in [0, 0.1) is 0 Å². The summed E-state index contributed by atoms with van der Waals surface area (Å²) in [5.41, 5.74) is 2.13. The Labute approximate surface area is 126 Å². The first-order valence-corrected chi connectivity index (χ1v) is 8.00. The Hall–Kier alpha value is -1.20. The highest BCUT2D eigenvalue weighted by atomic mass is 16.5. The highest BCUT2D eigenvalue weighted by molar-refractivity contribution is 5.47. The molecule has 3 rings (SSSR count). The van der Waals surface area contributed by atoms with Crippen LogP contribution < -0.4 is 5.32 Å². The molecule has 0 saturated carbocycles. The number of nitrogens with zero attached hydrogens (tertiary/aromatic N) is 2. The van der Waals surface area contributed by atoms with Crippen LogP contribution in [0.1, 0.15) is 49.2 Å². The molecule has 5 nitrogen and oxygen atoms in total. The molecule has 0 radical (unpaired) electrons. The van der Waals surface area contributed by atoms with Gasteiger partial charge < -0.3 is 14.8 Å². The van der Waals surface area contributed by atoms with E-state index in [4.69, 9.17) is 19.4 Å². The molecule has 1 fully saturated rings. The number of aryl methyl sites for hydroxylation is 1. The molecule has 116 valence electrons. The van der Waals surface area contributed by atoms with Crippen molar-refractivity contribution in [3.05, 3.63) is 17.1 Å². The van der Waals surface area contributed by atoms with Crippen molar-refractivity contribution in [2.45, 2.75) is 50.5 Å². The average molecular weight is 291 g/mol. The lowest BCUT2D eigenvalue weighted by Gasteiger charge is -2.35. The van der Waals surface area contributed by atoms with E-state index >= 15 is 0 Å². The molecule has 0 unspecified atom stereocenters. The minimum absolute atomic E-state index is 0.384. The molecule has 5 heteroatoms. The smallest absolute Gasteiger partial charge is 0.163 e. The van der Waals surface area contributed by atoms with Gasteiger partial charge in [0.25, 0.3) is 0 Å². The highest BCUT2D eigenvalue weighted by Crippen LogP contribution is 2.35. The fraction of sp³-hybridized carbons (Fsp3) is 0.750. The first-order valence-electron chi connectivity index (χ1n) is 8.00. The summed E-state index contributed by atoms with van der Waals surface area (Å²) in [5, 5.41) is 3.27. The fourth-order valence-corrected chi connectivity index (χ4v) is 3.40. The molecule has 0 spiro atoms. The van der Waals surface area contributed by atoms with E-state index in [-0.39, 0.29) is 5.60 Å². The Balaban J connectivity index is 2.04. The monoisotopic (exact) mass is 291 g/mol. The van der Waals surface area contributed by atoms with E-state index in [1.165, 1.54) is 30.5 Å². The van der Waals surface area contributed by atoms with Crippen molar-refractivity contribution in [1.29, 1.82) is 0 Å². The van der Waals surface area contributed by atoms with Crippen LogP contribution in [0.3, 0.4) is 0 Å². The summed E-state index contributed by atoms with van der Waals surface area (Å²) >= 11 is 0. The number of hydrogen-bond donors (Lipinski definition) is 1. The van der Waals surface area contributed by atoms with Crippen molar-refractivity contribution in [2.24, 2.45) is 0 Å². The van der Waals surface area contributed by atoms with Crippen LogP contribution in [0.15, 0.2) is 0 Å². The Bertz CT molecular complexity index is 499. The number of hydrogen-bond acceptors (Lipinski definition) is 5. The van der Waals surface area contributed by atoms with E-state index in [2.05, 4.69) is 5.32 Å². The van der Waals surface area contributed by atoms with Crippen molar-refractivity contribution in [3.63, 3.8) is 0 Å². The van der Waals surface area contributed by atoms with Crippen molar-refractivity contribution >= 4 is 5.82 Å². The zero-order valence-corrected chi connectivity index (χ0v) is 13.1. The van der Waals surface area contributed by atoms with E-state index in [9.17, 15) is 0 Å². The number of fused-ring (bicyclic) bond motifs is 1. The molecule has 1 aromatic heterocycles. The zero-order chi connectivity index (χ0) is 14.7. The van der Waals surface area contributed by atoms with Gasteiger partial charge in [0.1, 0.15) is 11.4 Å². The molecule has 1 aliphatic heterocycles. The fourth-order valence-electron chi connectivity index (χ4n) is 3.40. The van der Waals surface area contributed by atoms with Crippen molar-refractivity contribution < 1.29 is 9.47 Å². The molecular weight excluding hydrogens is 266 g/mol. The van der Waals surface area contributed by atoms with Gasteiger partial charge >= 0.3 is 0 Å². The van der Waals surface area contributed by atoms with Crippen LogP contribution in [-0.4, -0.2) is 37.3 Å². The van der Waals surface area contributed by atoms with Gasteiger partial charge in [0, 0.05) is 51.5 Å². The maximum absolute atomic E-state index is 5.85. The molecule has 1 aromatic rings. The van der Waals surface area contributed by atoms with Crippen LogP contribution >= 0.6 is 0 Å². The standard InChI is InChI=1S/C16H25N3O2/c1-17-14-12-6-4-3-5-7-13(12)18-15(19-14)16(20-2)8-10-21-11-9-16/h3-11H2,1-2H3,(H,17,18,19). The van der Waals surface area contributed by atoms with Crippen molar-refractivity contribution in [1.82, 2.24) is 9.97 Å². The Morgan fingerprint density at radius 1 is 1.10 bits per heavy atom. The first kappa shape index (κ1) is 14.7. The number of methoxy groups -OCH3 is 1. The lowest BCUT2D eigenvalue weighted by atomic mass is 9.92. The molecule has 0 bridgehead atoms. The number of anilines is 1. The van der Waals surface area contributed by atoms with Gasteiger partial charge in [0.2, 0.25) is 0 Å². The molecule has 2 heterocycles. The van der Waals surface area contributed by atoms with Crippen LogP contribution in [0.2, 0.25) is 0 Å². The zero-order valence-electron chi connectivity index (χ0n) is 13.1. The molecular formula is C16H25N3O2. The minimum atomic E-state index is -0.384. The Morgan fingerprint density at radius 3 is 2.57 bits per heavy atom. The van der Waals surface area contributed by atoms with Crippen LogP contribution in [0.5, 0.6) is 0 Å². The predicted molar refractivity (Wildman–Crippen MR) is 81.6 cm³/mol. The molecule has 1 N–H and O–H groups in total. The summed E-state index contributed by atoms with van der Waals surface area (Å²) in [4.78, 5) is 9.73. The molecule has 21 heavy (non-hydrogen) atoms. The maximum atomic E-state index is 5.85. The lowest BCUT2D eigenvalue weighted by Crippen LogP contribution is -2.38. The summed E-state index contributed by atoms with van der Waals surface area (Å²) in [5.74, 6) is 1.82. The number of ether oxygens (including phenoxy) is 2. The van der Waals surface area contributed by atoms with E-state index in [1.54, 1.807) is 7.11 Å². The van der Waals surface area contributed by atoms with Gasteiger partial charge in [-0.25, -0.2) is 9.97 Å². The highest BCUT2D eigenvalue weighted by Gasteiger charge is 2.38. The largest absolute Gasteiger partial charge is 0.381 e. The van der Waals surface area contributed by atoms with E-state index in [0.717, 1.165) is 37.3 Å². The van der Waals surface area contributed by atoms with Gasteiger partial charge in [-0.2, -0.15) is 0 Å². The predicted octanol–water partition coefficient (Wildman–Crippen LogP) is 2.44. The van der Waals surface area contributed by atoms with Gasteiger partial charge in [0.15, 0.2) is 5.82 Å². The van der Waals surface area contributed by atoms with Gasteiger partial charge in [-0.15, -0.1) is 0 Å². The van der Waals surface area contributed by atoms with E-state index in [0.29, 0.717) is 13.2 Å². The second-order valence-corrected chi connectivity index (χ2v) is 5.94. The minimum Gasteiger partial charge on any atom is -0.381 e. The molecule has 0 aromatic carbocycles. The Morgan fingerprint density at radius 2 is 1.86 bits per heavy atom. The van der Waals surface area contributed by atoms with Gasteiger partial charge in [0.05, 0.1) is 0 Å². The number of nitrogens with one attached hydrogen (secondary N) is 1. The summed E-state index contributed by atoms with van der Waals surface area (Å²) in [7, 11) is 3.71. The summed E-state index contributed by atoms with van der Waals surface area (Å²) in [6.07, 6.45) is 7.50. The van der Waals surface area contributed by atoms with Crippen molar-refractivity contribution in [2.75, 3.05) is 32.7 Å². The van der Waals surface area contributed by atoms with Gasteiger partial charge in [-0.1, -0.05) is 6.42 Å². The average Bonchev–Trinajstić information content (AvgIpc) is 2.79. The first-order chi connectivity index (χ1) is 10.3. The van der Waals surface area contributed by atoms with Crippen molar-refractivity contribution in [3.8, 4) is 0 Å². The van der Waals surface area contributed by atoms with E-state index < -0.39 is 0 Å². The summed E-state index contributed by atoms with van der Waals surface area (Å²) < 4.78 is 11.3. The van der Waals surface area contributed by atoms with Crippen LogP contribution in [0.4, 0.5) is 5.82 Å².